The number of aliphatic carboxylic acids is 1. The number of hydrogen-bond acceptors (Lipinski definition) is 7. The first-order chi connectivity index (χ1) is 6.95. The first-order valence-corrected chi connectivity index (χ1v) is 4.43. The molecule has 0 aliphatic carbocycles. The predicted molar refractivity (Wildman–Crippen MR) is 45.5 cm³/mol. The summed E-state index contributed by atoms with van der Waals surface area (Å²) < 4.78 is 4.62. The monoisotopic (exact) mass is 262 g/mol. The third kappa shape index (κ3) is 6.01. The maximum atomic E-state index is 10.5. The van der Waals surface area contributed by atoms with Gasteiger partial charge in [-0.15, -0.1) is 0 Å². The van der Waals surface area contributed by atoms with Crippen LogP contribution >= 0.6 is 0 Å². The van der Waals surface area contributed by atoms with Crippen molar-refractivity contribution < 1.29 is 86.4 Å². The molecule has 0 fully saturated rings. The molecule has 0 aliphatic heterocycles. The van der Waals surface area contributed by atoms with E-state index in [1.165, 1.54) is 6.92 Å². The number of rotatable bonds is 7. The Balaban J connectivity index is 0. The Labute approximate surface area is 135 Å². The standard InChI is InChI=1S/C8H16O7.K/c1-2-15-7(8(13)14)6(12)5(11)4(10)3-9;/h4-7,9-12H,2-3H2,1H3,(H,13,14);/q;+1/p-1. The van der Waals surface area contributed by atoms with Crippen molar-refractivity contribution in [3.8, 4) is 0 Å². The van der Waals surface area contributed by atoms with Crippen molar-refractivity contribution in [2.24, 2.45) is 0 Å². The second-order valence-corrected chi connectivity index (χ2v) is 2.93. The molecule has 0 amide bonds. The van der Waals surface area contributed by atoms with Crippen LogP contribution in [0, 0.1) is 0 Å². The Morgan fingerprint density at radius 2 is 1.81 bits per heavy atom. The molecule has 0 saturated carbocycles. The largest absolute Gasteiger partial charge is 1.00 e. The average Bonchev–Trinajstić information content (AvgIpc) is 2.22. The van der Waals surface area contributed by atoms with Crippen molar-refractivity contribution in [3.63, 3.8) is 0 Å². The molecule has 4 N–H and O–H groups in total. The number of hydrogen-bond donors (Lipinski definition) is 4. The molecule has 0 spiro atoms. The summed E-state index contributed by atoms with van der Waals surface area (Å²) in [5, 5.41) is 46.5. The van der Waals surface area contributed by atoms with Gasteiger partial charge in [0, 0.05) is 6.61 Å². The van der Waals surface area contributed by atoms with Gasteiger partial charge >= 0.3 is 51.4 Å². The van der Waals surface area contributed by atoms with Crippen molar-refractivity contribution in [2.75, 3.05) is 13.2 Å². The Morgan fingerprint density at radius 1 is 1.31 bits per heavy atom. The molecule has 0 aromatic heterocycles. The van der Waals surface area contributed by atoms with Crippen molar-refractivity contribution in [1.29, 1.82) is 0 Å². The van der Waals surface area contributed by atoms with E-state index in [-0.39, 0.29) is 58.0 Å². The minimum absolute atomic E-state index is 0. The van der Waals surface area contributed by atoms with Gasteiger partial charge in [0.2, 0.25) is 0 Å². The van der Waals surface area contributed by atoms with Gasteiger partial charge in [0.1, 0.15) is 24.4 Å². The Hall–Kier alpha value is 0.906. The van der Waals surface area contributed by atoms with Gasteiger partial charge in [-0.1, -0.05) is 0 Å². The van der Waals surface area contributed by atoms with Crippen molar-refractivity contribution in [2.45, 2.75) is 31.3 Å². The summed E-state index contributed by atoms with van der Waals surface area (Å²) in [7, 11) is 0. The number of ether oxygens (including phenoxy) is 1. The van der Waals surface area contributed by atoms with Gasteiger partial charge in [0.15, 0.2) is 0 Å². The summed E-state index contributed by atoms with van der Waals surface area (Å²) in [5.74, 6) is -1.70. The van der Waals surface area contributed by atoms with Gasteiger partial charge in [-0.3, -0.25) is 0 Å². The average molecular weight is 262 g/mol. The maximum absolute atomic E-state index is 10.5. The first-order valence-electron chi connectivity index (χ1n) is 4.43. The van der Waals surface area contributed by atoms with Crippen LogP contribution in [0.15, 0.2) is 0 Å². The summed E-state index contributed by atoms with van der Waals surface area (Å²) in [6, 6.07) is 0. The number of carbonyl (C=O) groups is 1. The Morgan fingerprint density at radius 3 is 2.12 bits per heavy atom. The van der Waals surface area contributed by atoms with E-state index >= 15 is 0 Å². The molecule has 0 aromatic rings. The molecule has 0 aromatic carbocycles. The molecule has 0 saturated heterocycles. The molecule has 0 aliphatic rings. The molecule has 4 atom stereocenters. The number of aliphatic hydroxyl groups excluding tert-OH is 4. The fraction of sp³-hybridized carbons (Fsp3) is 0.875. The van der Waals surface area contributed by atoms with Crippen LogP contribution in [0.1, 0.15) is 6.92 Å². The van der Waals surface area contributed by atoms with E-state index in [0.717, 1.165) is 0 Å². The molecule has 7 nitrogen and oxygen atoms in total. The fourth-order valence-corrected chi connectivity index (χ4v) is 1.00. The summed E-state index contributed by atoms with van der Waals surface area (Å²) >= 11 is 0. The van der Waals surface area contributed by atoms with Gasteiger partial charge in [-0.2, -0.15) is 0 Å². The molecule has 16 heavy (non-hydrogen) atoms. The van der Waals surface area contributed by atoms with Crippen LogP contribution < -0.4 is 56.5 Å². The molecule has 90 valence electrons. The zero-order valence-electron chi connectivity index (χ0n) is 9.24. The van der Waals surface area contributed by atoms with Crippen LogP contribution in [0.25, 0.3) is 0 Å². The molecular weight excluding hydrogens is 247 g/mol. The SMILES string of the molecule is CCOC(C(=O)[O-])C(O)C(O)C(O)CO.[K+]. The van der Waals surface area contributed by atoms with E-state index < -0.39 is 37.0 Å². The number of aliphatic hydroxyl groups is 4. The van der Waals surface area contributed by atoms with E-state index in [2.05, 4.69) is 4.74 Å². The van der Waals surface area contributed by atoms with Gasteiger partial charge in [-0.05, 0) is 6.92 Å². The molecule has 0 bridgehead atoms. The summed E-state index contributed by atoms with van der Waals surface area (Å²) in [5.41, 5.74) is 0. The van der Waals surface area contributed by atoms with Crippen LogP contribution in [0.5, 0.6) is 0 Å². The first kappa shape index (κ1) is 19.3. The van der Waals surface area contributed by atoms with Crippen molar-refractivity contribution >= 4 is 5.97 Å². The van der Waals surface area contributed by atoms with Crippen LogP contribution in [-0.2, 0) is 9.53 Å². The van der Waals surface area contributed by atoms with Crippen molar-refractivity contribution in [1.82, 2.24) is 0 Å². The summed E-state index contributed by atoms with van der Waals surface area (Å²) in [4.78, 5) is 10.5. The van der Waals surface area contributed by atoms with Gasteiger partial charge in [0.25, 0.3) is 0 Å². The van der Waals surface area contributed by atoms with Crippen molar-refractivity contribution in [3.05, 3.63) is 0 Å². The zero-order chi connectivity index (χ0) is 12.0. The predicted octanol–water partition coefficient (Wildman–Crippen LogP) is -6.78. The van der Waals surface area contributed by atoms with Gasteiger partial charge in [0.05, 0.1) is 12.6 Å². The van der Waals surface area contributed by atoms with Gasteiger partial charge < -0.3 is 35.1 Å². The number of carbonyl (C=O) groups excluding carboxylic acids is 1. The van der Waals surface area contributed by atoms with Crippen LogP contribution in [-0.4, -0.2) is 64.0 Å². The second kappa shape index (κ2) is 9.89. The van der Waals surface area contributed by atoms with Crippen LogP contribution in [0.4, 0.5) is 0 Å². The summed E-state index contributed by atoms with van der Waals surface area (Å²) in [6.07, 6.45) is -7.06. The summed E-state index contributed by atoms with van der Waals surface area (Å²) in [6.45, 7) is 0.694. The Bertz CT molecular complexity index is 201. The van der Waals surface area contributed by atoms with E-state index in [9.17, 15) is 20.1 Å². The van der Waals surface area contributed by atoms with E-state index in [0.29, 0.717) is 0 Å². The topological polar surface area (TPSA) is 130 Å². The molecule has 0 rings (SSSR count). The molecule has 8 heteroatoms. The van der Waals surface area contributed by atoms with E-state index in [1.807, 2.05) is 0 Å². The number of carboxylic acids is 1. The quantitative estimate of drug-likeness (QED) is 0.335. The van der Waals surface area contributed by atoms with Crippen LogP contribution in [0.2, 0.25) is 0 Å². The minimum Gasteiger partial charge on any atom is -0.547 e. The van der Waals surface area contributed by atoms with E-state index in [4.69, 9.17) is 10.2 Å². The Kier molecular flexibility index (Phi) is 11.9. The molecule has 4 unspecified atom stereocenters. The zero-order valence-corrected chi connectivity index (χ0v) is 12.4. The number of carboxylic acid groups (broad SMARTS) is 1. The minimum atomic E-state index is -1.86. The third-order valence-electron chi connectivity index (χ3n) is 1.82. The molecular formula is C8H15KO7. The smallest absolute Gasteiger partial charge is 0.547 e. The molecule has 0 radical (unpaired) electrons. The normalized spacial score (nSPS) is 18.1. The van der Waals surface area contributed by atoms with Gasteiger partial charge in [-0.25, -0.2) is 0 Å². The third-order valence-corrected chi connectivity index (χ3v) is 1.82. The van der Waals surface area contributed by atoms with Crippen LogP contribution in [0.3, 0.4) is 0 Å². The maximum Gasteiger partial charge on any atom is 1.00 e. The molecule has 0 heterocycles. The fourth-order valence-electron chi connectivity index (χ4n) is 1.00. The second-order valence-electron chi connectivity index (χ2n) is 2.93. The van der Waals surface area contributed by atoms with E-state index in [1.54, 1.807) is 0 Å².